The average Bonchev–Trinajstić information content (AvgIpc) is 3.26. The minimum absolute atomic E-state index is 0.0315. The van der Waals surface area contributed by atoms with E-state index in [1.54, 1.807) is 10.9 Å². The van der Waals surface area contributed by atoms with Crippen LogP contribution in [0, 0.1) is 5.41 Å². The molecule has 0 aromatic heterocycles. The summed E-state index contributed by atoms with van der Waals surface area (Å²) in [6.45, 7) is 11.7. The summed E-state index contributed by atoms with van der Waals surface area (Å²) in [4.78, 5) is 0. The lowest BCUT2D eigenvalue weighted by atomic mass is 9.67. The molecule has 2 N–H and O–H groups in total. The van der Waals surface area contributed by atoms with E-state index in [9.17, 15) is 0 Å². The predicted octanol–water partition coefficient (Wildman–Crippen LogP) is 8.08. The van der Waals surface area contributed by atoms with E-state index in [0.29, 0.717) is 11.6 Å². The van der Waals surface area contributed by atoms with E-state index in [-0.39, 0.29) is 24.8 Å². The van der Waals surface area contributed by atoms with Crippen molar-refractivity contribution in [1.29, 1.82) is 0 Å². The first kappa shape index (κ1) is 22.6. The van der Waals surface area contributed by atoms with Gasteiger partial charge in [0.1, 0.15) is 0 Å². The Hall–Kier alpha value is -2.21. The molecule has 3 aromatic carbocycles. The predicted molar refractivity (Wildman–Crippen MR) is 144 cm³/mol. The van der Waals surface area contributed by atoms with Crippen LogP contribution in [0.25, 0.3) is 5.31 Å². The van der Waals surface area contributed by atoms with Gasteiger partial charge in [0.2, 0.25) is 0 Å². The van der Waals surface area contributed by atoms with Crippen LogP contribution in [-0.2, 0) is 5.41 Å². The van der Waals surface area contributed by atoms with E-state index in [1.807, 2.05) is 0 Å². The monoisotopic (exact) mass is 453 g/mol. The molecular formula is C31H36NP. The normalized spacial score (nSPS) is 27.8. The van der Waals surface area contributed by atoms with Crippen molar-refractivity contribution in [1.82, 2.24) is 0 Å². The van der Waals surface area contributed by atoms with Crippen molar-refractivity contribution in [2.45, 2.75) is 57.7 Å². The Balaban J connectivity index is 1.61. The Labute approximate surface area is 200 Å². The van der Waals surface area contributed by atoms with E-state index in [0.717, 1.165) is 0 Å². The van der Waals surface area contributed by atoms with Gasteiger partial charge in [-0.25, -0.2) is 0 Å². The van der Waals surface area contributed by atoms with Crippen molar-refractivity contribution in [3.8, 4) is 0 Å². The summed E-state index contributed by atoms with van der Waals surface area (Å²) in [5.41, 5.74) is 15.0. The van der Waals surface area contributed by atoms with E-state index < -0.39 is 0 Å². The van der Waals surface area contributed by atoms with Gasteiger partial charge < -0.3 is 5.73 Å². The van der Waals surface area contributed by atoms with Crippen molar-refractivity contribution in [2.24, 2.45) is 11.1 Å². The molecule has 0 spiro atoms. The molecule has 1 saturated heterocycles. The number of fused-ring (bicyclic) bond motifs is 2. The topological polar surface area (TPSA) is 26.0 Å². The van der Waals surface area contributed by atoms with Gasteiger partial charge in [-0.3, -0.25) is 0 Å². The lowest BCUT2D eigenvalue weighted by Crippen LogP contribution is -2.36. The molecule has 0 radical (unpaired) electrons. The van der Waals surface area contributed by atoms with Crippen LogP contribution in [0.4, 0.5) is 0 Å². The summed E-state index contributed by atoms with van der Waals surface area (Å²) < 4.78 is 0. The van der Waals surface area contributed by atoms with Gasteiger partial charge in [0.25, 0.3) is 0 Å². The van der Waals surface area contributed by atoms with Crippen molar-refractivity contribution in [3.05, 3.63) is 113 Å². The summed E-state index contributed by atoms with van der Waals surface area (Å²) in [5.74, 6) is 0.453. The van der Waals surface area contributed by atoms with Crippen molar-refractivity contribution < 1.29 is 0 Å². The lowest BCUT2D eigenvalue weighted by Gasteiger charge is -2.42. The molecular weight excluding hydrogens is 417 g/mol. The summed E-state index contributed by atoms with van der Waals surface area (Å²) in [7, 11) is -0.361. The molecule has 170 valence electrons. The molecule has 2 aliphatic rings. The second kappa shape index (κ2) is 8.23. The van der Waals surface area contributed by atoms with E-state index in [2.05, 4.69) is 120 Å². The standard InChI is InChI=1S/C31H36NP/c1-21-28(24-14-10-7-11-15-24)33-20-31(21,5)26(22-12-8-6-9-13-22)29(33)27(32)23-16-18-25(19-17-23)30(2,3)4/h6-19,26-27,29H,20,32H2,1-5H3/t26?,27-,29-,31-,33-/m1/s1. The van der Waals surface area contributed by atoms with Crippen molar-refractivity contribution in [3.63, 3.8) is 0 Å². The highest BCUT2D eigenvalue weighted by Crippen LogP contribution is 2.79. The molecule has 3 aromatic rings. The maximum absolute atomic E-state index is 7.21. The number of nitrogens with two attached hydrogens (primary N) is 1. The Morgan fingerprint density at radius 1 is 0.879 bits per heavy atom. The molecule has 1 unspecified atom stereocenters. The zero-order chi connectivity index (χ0) is 23.4. The Kier molecular flexibility index (Phi) is 5.63. The van der Waals surface area contributed by atoms with E-state index >= 15 is 0 Å². The molecule has 5 atom stereocenters. The second-order valence-electron chi connectivity index (χ2n) is 11.2. The minimum atomic E-state index is -0.361. The quantitative estimate of drug-likeness (QED) is 0.397. The highest BCUT2D eigenvalue weighted by atomic mass is 31.1. The maximum Gasteiger partial charge on any atom is 0.0372 e. The molecule has 2 aliphatic heterocycles. The number of hydrogen-bond donors (Lipinski definition) is 1. The maximum atomic E-state index is 7.21. The third kappa shape index (κ3) is 3.71. The Morgan fingerprint density at radius 2 is 1.45 bits per heavy atom. The van der Waals surface area contributed by atoms with Gasteiger partial charge in [0, 0.05) is 23.0 Å². The van der Waals surface area contributed by atoms with Crippen LogP contribution in [0.5, 0.6) is 0 Å². The highest BCUT2D eigenvalue weighted by molar-refractivity contribution is 7.70. The van der Waals surface area contributed by atoms with Gasteiger partial charge in [0.15, 0.2) is 0 Å². The fourth-order valence-electron chi connectivity index (χ4n) is 6.19. The summed E-state index contributed by atoms with van der Waals surface area (Å²) in [6.07, 6.45) is 1.25. The summed E-state index contributed by atoms with van der Waals surface area (Å²) in [5, 5.41) is 1.60. The highest BCUT2D eigenvalue weighted by Gasteiger charge is 2.59. The molecule has 0 amide bonds. The molecule has 5 rings (SSSR count). The van der Waals surface area contributed by atoms with Crippen LogP contribution in [0.1, 0.15) is 68.8 Å². The molecule has 2 heterocycles. The first-order valence-electron chi connectivity index (χ1n) is 12.2. The summed E-state index contributed by atoms with van der Waals surface area (Å²) >= 11 is 0. The largest absolute Gasteiger partial charge is 0.323 e. The van der Waals surface area contributed by atoms with Gasteiger partial charge in [-0.05, 0) is 46.1 Å². The van der Waals surface area contributed by atoms with Gasteiger partial charge >= 0.3 is 0 Å². The molecule has 33 heavy (non-hydrogen) atoms. The number of rotatable bonds is 4. The SMILES string of the molecule is CC1=C(c2ccccc2)[P@@]2C[C@@]1(C)C(c1ccccc1)[C@@H]2[C@H](N)c1ccc(C(C)(C)C)cc1. The first-order chi connectivity index (χ1) is 15.7. The van der Waals surface area contributed by atoms with Crippen LogP contribution < -0.4 is 5.73 Å². The van der Waals surface area contributed by atoms with E-state index in [4.69, 9.17) is 5.73 Å². The second-order valence-corrected chi connectivity index (χ2v) is 13.5. The van der Waals surface area contributed by atoms with Gasteiger partial charge in [0.05, 0.1) is 0 Å². The first-order valence-corrected chi connectivity index (χ1v) is 13.8. The van der Waals surface area contributed by atoms with Crippen LogP contribution in [0.2, 0.25) is 0 Å². The van der Waals surface area contributed by atoms with Crippen molar-refractivity contribution >= 4 is 13.2 Å². The third-order valence-corrected chi connectivity index (χ3v) is 11.6. The lowest BCUT2D eigenvalue weighted by molar-refractivity contribution is 0.353. The minimum Gasteiger partial charge on any atom is -0.323 e. The molecule has 0 saturated carbocycles. The summed E-state index contributed by atoms with van der Waals surface area (Å²) in [6, 6.07) is 31.4. The number of benzene rings is 3. The number of hydrogen-bond acceptors (Lipinski definition) is 1. The Bertz CT molecular complexity index is 1160. The zero-order valence-corrected chi connectivity index (χ0v) is 21.4. The molecule has 2 bridgehead atoms. The van der Waals surface area contributed by atoms with Crippen LogP contribution in [0.15, 0.2) is 90.5 Å². The van der Waals surface area contributed by atoms with Gasteiger partial charge in [-0.1, -0.05) is 126 Å². The van der Waals surface area contributed by atoms with Crippen LogP contribution in [-0.4, -0.2) is 11.8 Å². The van der Waals surface area contributed by atoms with Crippen LogP contribution >= 0.6 is 7.92 Å². The Morgan fingerprint density at radius 3 is 2.03 bits per heavy atom. The van der Waals surface area contributed by atoms with Crippen molar-refractivity contribution in [2.75, 3.05) is 6.16 Å². The molecule has 0 aliphatic carbocycles. The van der Waals surface area contributed by atoms with Crippen LogP contribution in [0.3, 0.4) is 0 Å². The van der Waals surface area contributed by atoms with Gasteiger partial charge in [-0.2, -0.15) is 0 Å². The third-order valence-electron chi connectivity index (χ3n) is 8.12. The van der Waals surface area contributed by atoms with Gasteiger partial charge in [-0.15, -0.1) is 0 Å². The van der Waals surface area contributed by atoms with E-state index in [1.165, 1.54) is 28.4 Å². The molecule has 1 nitrogen and oxygen atoms in total. The fraction of sp³-hybridized carbons (Fsp3) is 0.355. The number of allylic oxidation sites excluding steroid dienone is 1. The average molecular weight is 454 g/mol. The zero-order valence-electron chi connectivity index (χ0n) is 20.5. The smallest absolute Gasteiger partial charge is 0.0372 e. The fourth-order valence-corrected chi connectivity index (χ4v) is 10.6. The molecule has 1 fully saturated rings. The molecule has 2 heteroatoms.